The van der Waals surface area contributed by atoms with Crippen molar-refractivity contribution in [1.29, 1.82) is 0 Å². The molecule has 0 saturated carbocycles. The molecular weight excluding hydrogens is 370 g/mol. The highest BCUT2D eigenvalue weighted by molar-refractivity contribution is 6.09. The van der Waals surface area contributed by atoms with Gasteiger partial charge in [-0.2, -0.15) is 0 Å². The van der Waals surface area contributed by atoms with E-state index in [9.17, 15) is 14.7 Å². The van der Waals surface area contributed by atoms with Gasteiger partial charge in [0.25, 0.3) is 0 Å². The van der Waals surface area contributed by atoms with E-state index in [1.54, 1.807) is 24.3 Å². The Labute approximate surface area is 167 Å². The van der Waals surface area contributed by atoms with E-state index < -0.39 is 5.97 Å². The van der Waals surface area contributed by atoms with Crippen molar-refractivity contribution in [2.45, 2.75) is 20.3 Å². The van der Waals surface area contributed by atoms with Crippen LogP contribution >= 0.6 is 0 Å². The normalized spacial score (nSPS) is 12.8. The molecule has 1 N–H and O–H groups in total. The topological polar surface area (TPSA) is 92.6 Å². The predicted molar refractivity (Wildman–Crippen MR) is 108 cm³/mol. The van der Waals surface area contributed by atoms with Crippen molar-refractivity contribution in [3.8, 4) is 17.1 Å². The molecule has 7 heteroatoms. The number of rotatable bonds is 5. The molecular formula is C22H19N3O4. The van der Waals surface area contributed by atoms with Crippen molar-refractivity contribution in [2.24, 2.45) is 0 Å². The van der Waals surface area contributed by atoms with Crippen LogP contribution < -0.4 is 9.64 Å². The van der Waals surface area contributed by atoms with E-state index in [-0.39, 0.29) is 23.8 Å². The summed E-state index contributed by atoms with van der Waals surface area (Å²) < 4.78 is 5.45. The van der Waals surface area contributed by atoms with Crippen LogP contribution in [0.15, 0.2) is 48.5 Å². The van der Waals surface area contributed by atoms with Crippen LogP contribution in [-0.4, -0.2) is 33.6 Å². The van der Waals surface area contributed by atoms with Gasteiger partial charge in [-0.15, -0.1) is 0 Å². The third-order valence-corrected chi connectivity index (χ3v) is 4.76. The van der Waals surface area contributed by atoms with Crippen molar-refractivity contribution in [1.82, 2.24) is 9.97 Å². The summed E-state index contributed by atoms with van der Waals surface area (Å²) in [6.45, 7) is 4.34. The highest BCUT2D eigenvalue weighted by Crippen LogP contribution is 2.38. The van der Waals surface area contributed by atoms with Crippen molar-refractivity contribution in [3.05, 3.63) is 65.4 Å². The molecule has 4 rings (SSSR count). The maximum absolute atomic E-state index is 12.8. The van der Waals surface area contributed by atoms with Gasteiger partial charge in [0.2, 0.25) is 5.91 Å². The third-order valence-electron chi connectivity index (χ3n) is 4.76. The fourth-order valence-corrected chi connectivity index (χ4v) is 3.40. The van der Waals surface area contributed by atoms with Crippen molar-refractivity contribution in [3.63, 3.8) is 0 Å². The van der Waals surface area contributed by atoms with E-state index in [1.807, 2.05) is 38.1 Å². The number of aromatic carboxylic acids is 1. The number of amides is 1. The van der Waals surface area contributed by atoms with Gasteiger partial charge in [-0.1, -0.05) is 18.2 Å². The Bertz CT molecular complexity index is 1110. The minimum Gasteiger partial charge on any atom is -0.494 e. The summed E-state index contributed by atoms with van der Waals surface area (Å²) in [4.78, 5) is 34.9. The molecule has 146 valence electrons. The molecule has 0 fully saturated rings. The maximum atomic E-state index is 12.8. The number of carboxylic acids is 1. The van der Waals surface area contributed by atoms with Gasteiger partial charge in [-0.25, -0.2) is 14.8 Å². The summed E-state index contributed by atoms with van der Waals surface area (Å²) in [5.41, 5.74) is 2.40. The summed E-state index contributed by atoms with van der Waals surface area (Å²) in [5, 5.41) is 9.69. The summed E-state index contributed by atoms with van der Waals surface area (Å²) in [6, 6.07) is 14.5. The number of aryl methyl sites for hydroxylation is 1. The number of anilines is 2. The first-order chi connectivity index (χ1) is 14.0. The second-order valence-corrected chi connectivity index (χ2v) is 6.65. The lowest BCUT2D eigenvalue weighted by molar-refractivity contribution is -0.116. The predicted octanol–water partition coefficient (Wildman–Crippen LogP) is 3.77. The van der Waals surface area contributed by atoms with Gasteiger partial charge >= 0.3 is 5.97 Å². The number of fused-ring (bicyclic) bond motifs is 1. The van der Waals surface area contributed by atoms with Gasteiger partial charge in [0.1, 0.15) is 11.6 Å². The van der Waals surface area contributed by atoms with Crippen LogP contribution in [0.25, 0.3) is 11.4 Å². The Morgan fingerprint density at radius 3 is 2.52 bits per heavy atom. The van der Waals surface area contributed by atoms with Gasteiger partial charge in [-0.3, -0.25) is 9.69 Å². The number of hydrogen-bond donors (Lipinski definition) is 1. The SMILES string of the molecule is CCOc1ccc(-c2nc(C(=O)O)c3c(n2)N(c2ccccc2C)C(=O)C3)cc1. The largest absolute Gasteiger partial charge is 0.494 e. The molecule has 0 saturated heterocycles. The number of para-hydroxylation sites is 1. The molecule has 0 aliphatic carbocycles. The standard InChI is InChI=1S/C22H19N3O4/c1-3-29-15-10-8-14(9-11-15)20-23-19(22(27)28)16-12-18(26)25(21(16)24-20)17-7-5-4-6-13(17)2/h4-11H,3,12H2,1-2H3,(H,27,28). The molecule has 2 heterocycles. The van der Waals surface area contributed by atoms with Gasteiger partial charge in [0, 0.05) is 11.1 Å². The average molecular weight is 389 g/mol. The first kappa shape index (κ1) is 18.6. The molecule has 0 unspecified atom stereocenters. The van der Waals surface area contributed by atoms with E-state index in [0.29, 0.717) is 35.0 Å². The van der Waals surface area contributed by atoms with Gasteiger partial charge in [0.05, 0.1) is 18.7 Å². The smallest absolute Gasteiger partial charge is 0.355 e. The first-order valence-electron chi connectivity index (χ1n) is 9.25. The van der Waals surface area contributed by atoms with E-state index in [2.05, 4.69) is 9.97 Å². The summed E-state index contributed by atoms with van der Waals surface area (Å²) >= 11 is 0. The monoisotopic (exact) mass is 389 g/mol. The van der Waals surface area contributed by atoms with Gasteiger partial charge in [-0.05, 0) is 49.7 Å². The zero-order valence-corrected chi connectivity index (χ0v) is 16.0. The summed E-state index contributed by atoms with van der Waals surface area (Å²) in [6.07, 6.45) is -0.0468. The lowest BCUT2D eigenvalue weighted by atomic mass is 10.1. The average Bonchev–Trinajstić information content (AvgIpc) is 3.04. The molecule has 1 aromatic heterocycles. The number of carboxylic acid groups (broad SMARTS) is 1. The molecule has 3 aromatic rings. The van der Waals surface area contributed by atoms with Crippen LogP contribution in [0.2, 0.25) is 0 Å². The fraction of sp³-hybridized carbons (Fsp3) is 0.182. The lowest BCUT2D eigenvalue weighted by Gasteiger charge is -2.19. The molecule has 0 bridgehead atoms. The Morgan fingerprint density at radius 1 is 1.14 bits per heavy atom. The van der Waals surface area contributed by atoms with E-state index in [4.69, 9.17) is 4.74 Å². The van der Waals surface area contributed by atoms with Gasteiger partial charge in [0.15, 0.2) is 11.5 Å². The molecule has 2 aromatic carbocycles. The van der Waals surface area contributed by atoms with Crippen LogP contribution in [0, 0.1) is 6.92 Å². The zero-order valence-electron chi connectivity index (χ0n) is 16.0. The summed E-state index contributed by atoms with van der Waals surface area (Å²) in [7, 11) is 0. The van der Waals surface area contributed by atoms with E-state index in [1.165, 1.54) is 4.90 Å². The number of aromatic nitrogens is 2. The van der Waals surface area contributed by atoms with Crippen molar-refractivity contribution < 1.29 is 19.4 Å². The van der Waals surface area contributed by atoms with E-state index in [0.717, 1.165) is 5.56 Å². The number of carbonyl (C=O) groups is 2. The number of nitrogens with zero attached hydrogens (tertiary/aromatic N) is 3. The second-order valence-electron chi connectivity index (χ2n) is 6.65. The number of carbonyl (C=O) groups excluding carboxylic acids is 1. The van der Waals surface area contributed by atoms with Crippen molar-refractivity contribution >= 4 is 23.4 Å². The van der Waals surface area contributed by atoms with Crippen LogP contribution in [0.1, 0.15) is 28.5 Å². The molecule has 29 heavy (non-hydrogen) atoms. The Kier molecular flexibility index (Phi) is 4.72. The molecule has 1 amide bonds. The summed E-state index contributed by atoms with van der Waals surface area (Å²) in [5.74, 6) is -0.143. The van der Waals surface area contributed by atoms with Crippen molar-refractivity contribution in [2.75, 3.05) is 11.5 Å². The fourth-order valence-electron chi connectivity index (χ4n) is 3.40. The molecule has 0 spiro atoms. The van der Waals surface area contributed by atoms with Crippen LogP contribution in [0.4, 0.5) is 11.5 Å². The first-order valence-corrected chi connectivity index (χ1v) is 9.25. The van der Waals surface area contributed by atoms with Gasteiger partial charge < -0.3 is 9.84 Å². The molecule has 1 aliphatic heterocycles. The lowest BCUT2D eigenvalue weighted by Crippen LogP contribution is -2.22. The Hall–Kier alpha value is -3.74. The Morgan fingerprint density at radius 2 is 1.86 bits per heavy atom. The quantitative estimate of drug-likeness (QED) is 0.714. The molecule has 7 nitrogen and oxygen atoms in total. The second kappa shape index (κ2) is 7.35. The molecule has 1 aliphatic rings. The minimum absolute atomic E-state index is 0.0468. The molecule has 0 radical (unpaired) electrons. The van der Waals surface area contributed by atoms with E-state index >= 15 is 0 Å². The Balaban J connectivity index is 1.87. The highest BCUT2D eigenvalue weighted by Gasteiger charge is 2.36. The number of hydrogen-bond acceptors (Lipinski definition) is 5. The minimum atomic E-state index is -1.18. The number of ether oxygens (including phenoxy) is 1. The molecule has 0 atom stereocenters. The third kappa shape index (κ3) is 3.31. The van der Waals surface area contributed by atoms with Crippen LogP contribution in [-0.2, 0) is 11.2 Å². The number of benzene rings is 2. The van der Waals surface area contributed by atoms with Crippen LogP contribution in [0.5, 0.6) is 5.75 Å². The zero-order chi connectivity index (χ0) is 20.5. The maximum Gasteiger partial charge on any atom is 0.355 e. The van der Waals surface area contributed by atoms with Crippen LogP contribution in [0.3, 0.4) is 0 Å². The highest BCUT2D eigenvalue weighted by atomic mass is 16.5.